The van der Waals surface area contributed by atoms with Crippen molar-refractivity contribution in [2.75, 3.05) is 22.1 Å². The van der Waals surface area contributed by atoms with E-state index in [0.717, 1.165) is 0 Å². The molecule has 4 atom stereocenters. The van der Waals surface area contributed by atoms with Gasteiger partial charge in [0.1, 0.15) is 12.1 Å². The first-order valence-corrected chi connectivity index (χ1v) is 19.5. The number of carboxylic acids is 4. The van der Waals surface area contributed by atoms with E-state index in [-0.39, 0.29) is 94.3 Å². The topological polar surface area (TPSA) is 432 Å². The first-order valence-electron chi connectivity index (χ1n) is 19.5. The second-order valence-electron chi connectivity index (χ2n) is 14.5. The number of nitrogens with two attached hydrogens (primary N) is 2. The molecule has 0 fully saturated rings. The van der Waals surface area contributed by atoms with Crippen LogP contribution in [0.5, 0.6) is 0 Å². The molecule has 4 heterocycles. The fourth-order valence-electron chi connectivity index (χ4n) is 5.80. The zero-order valence-electron chi connectivity index (χ0n) is 35.4. The molecule has 6 rings (SSSR count). The molecule has 27 heteroatoms. The molecule has 344 valence electrons. The number of rotatable bonds is 18. The molecule has 0 radical (unpaired) electrons. The molecule has 26 nitrogen and oxygen atoms in total. The van der Waals surface area contributed by atoms with E-state index in [2.05, 4.69) is 61.1 Å². The number of fused-ring (bicyclic) bond motifs is 2. The summed E-state index contributed by atoms with van der Waals surface area (Å²) in [5.74, 6) is -9.00. The molecule has 0 saturated carbocycles. The van der Waals surface area contributed by atoms with Crippen molar-refractivity contribution in [3.8, 4) is 0 Å². The van der Waals surface area contributed by atoms with E-state index in [4.69, 9.17) is 11.5 Å². The Hall–Kier alpha value is -8.33. The van der Waals surface area contributed by atoms with Crippen molar-refractivity contribution in [3.63, 3.8) is 0 Å². The number of aromatic nitrogens is 8. The fourth-order valence-corrected chi connectivity index (χ4v) is 5.80. The summed E-state index contributed by atoms with van der Waals surface area (Å²) in [4.78, 5) is 122. The predicted molar refractivity (Wildman–Crippen MR) is 233 cm³/mol. The normalized spacial score (nSPS) is 12.4. The van der Waals surface area contributed by atoms with Crippen LogP contribution in [-0.4, -0.2) is 121 Å². The minimum absolute atomic E-state index is 0. The van der Waals surface area contributed by atoms with Gasteiger partial charge in [-0.1, -0.05) is 13.8 Å². The molecule has 67 heavy (non-hydrogen) atoms. The molecule has 0 aliphatic carbocycles. The van der Waals surface area contributed by atoms with Gasteiger partial charge in [0.25, 0.3) is 22.9 Å². The molecule has 12 N–H and O–H groups in total. The molecule has 6 aromatic rings. The monoisotopic (exact) mass is 932 g/mol. The molecule has 4 unspecified atom stereocenters. The number of nitrogen functional groups attached to an aromatic ring is 2. The SMILES string of the molecule is CC(CC(NC(=O)c1ccc(NCc2cnc3nc(N)[nH]c(=O)c3n2)cc1)C(=O)O)C(=O)[O-].CC(CC(NC(=O)c1ccc(NCc2cnc3nc(N)[nH]c(=O)c3n2)cc1)C(=O)O)C(=O)[O-].[Mg+2]. The third-order valence-electron chi connectivity index (χ3n) is 9.40. The zero-order chi connectivity index (χ0) is 48.2. The smallest absolute Gasteiger partial charge is 0.550 e. The summed E-state index contributed by atoms with van der Waals surface area (Å²) in [6, 6.07) is 9.53. The Labute approximate surface area is 392 Å². The maximum atomic E-state index is 12.4. The second-order valence-corrected chi connectivity index (χ2v) is 14.5. The average molecular weight is 933 g/mol. The second kappa shape index (κ2) is 23.0. The van der Waals surface area contributed by atoms with Gasteiger partial charge < -0.3 is 62.7 Å². The molecule has 0 saturated heterocycles. The van der Waals surface area contributed by atoms with Crippen molar-refractivity contribution in [1.29, 1.82) is 0 Å². The average Bonchev–Trinajstić information content (AvgIpc) is 3.27. The van der Waals surface area contributed by atoms with Crippen LogP contribution in [0.25, 0.3) is 22.3 Å². The Morgan fingerprint density at radius 3 is 1.27 bits per heavy atom. The van der Waals surface area contributed by atoms with Gasteiger partial charge in [-0.3, -0.25) is 29.1 Å². The van der Waals surface area contributed by atoms with Gasteiger partial charge in [0.15, 0.2) is 22.3 Å². The van der Waals surface area contributed by atoms with E-state index in [1.807, 2.05) is 0 Å². The number of hydrogen-bond donors (Lipinski definition) is 10. The maximum Gasteiger partial charge on any atom is 2.00 e. The van der Waals surface area contributed by atoms with Gasteiger partial charge >= 0.3 is 35.0 Å². The molecule has 2 aromatic carbocycles. The van der Waals surface area contributed by atoms with Gasteiger partial charge in [0, 0.05) is 34.4 Å². The Balaban J connectivity index is 0.000000288. The number of carbonyl (C=O) groups is 6. The van der Waals surface area contributed by atoms with Crippen molar-refractivity contribution < 1.29 is 49.2 Å². The summed E-state index contributed by atoms with van der Waals surface area (Å²) in [5, 5.41) is 50.9. The summed E-state index contributed by atoms with van der Waals surface area (Å²) < 4.78 is 0. The minimum Gasteiger partial charge on any atom is -0.550 e. The number of carboxylic acid groups (broad SMARTS) is 4. The Kier molecular flexibility index (Phi) is 17.6. The standard InChI is InChI=1S/2C20H21N7O6.Mg/c2*1-9(18(30)31)6-13(19(32)33)25-16(28)10-2-4-11(5-3-10)22-7-12-8-23-15-14(24-12)17(29)27-20(21)26-15;/h2*2-5,8-9,13,22H,6-7H2,1H3,(H,25,28)(H,30,31)(H,32,33)(H3,21,23,26,27,29);/q;;+2/p-2. The number of amides is 2. The third kappa shape index (κ3) is 14.3. The zero-order valence-corrected chi connectivity index (χ0v) is 36.8. The minimum atomic E-state index is -1.40. The summed E-state index contributed by atoms with van der Waals surface area (Å²) in [6.45, 7) is 3.06. The molecule has 0 spiro atoms. The third-order valence-corrected chi connectivity index (χ3v) is 9.40. The Morgan fingerprint density at radius 1 is 0.612 bits per heavy atom. The molecule has 0 bridgehead atoms. The van der Waals surface area contributed by atoms with E-state index >= 15 is 0 Å². The van der Waals surface area contributed by atoms with Crippen molar-refractivity contribution in [3.05, 3.63) is 104 Å². The maximum absolute atomic E-state index is 12.4. The van der Waals surface area contributed by atoms with Crippen LogP contribution in [-0.2, 0) is 32.3 Å². The number of aromatic amines is 2. The summed E-state index contributed by atoms with van der Waals surface area (Å²) in [6.07, 6.45) is 2.28. The van der Waals surface area contributed by atoms with Crippen LogP contribution in [0.1, 0.15) is 58.8 Å². The quantitative estimate of drug-likeness (QED) is 0.0394. The molecule has 4 aromatic heterocycles. The fraction of sp³-hybridized carbons (Fsp3) is 0.250. The largest absolute Gasteiger partial charge is 2.00 e. The number of carbonyl (C=O) groups excluding carboxylic acids is 4. The number of hydrogen-bond acceptors (Lipinski definition) is 20. The molecule has 0 aliphatic heterocycles. The van der Waals surface area contributed by atoms with Crippen LogP contribution in [0.3, 0.4) is 0 Å². The summed E-state index contributed by atoms with van der Waals surface area (Å²) in [5.41, 5.74) is 12.9. The van der Waals surface area contributed by atoms with Crippen LogP contribution >= 0.6 is 0 Å². The van der Waals surface area contributed by atoms with Crippen molar-refractivity contribution in [2.45, 2.75) is 51.9 Å². The van der Waals surface area contributed by atoms with Crippen LogP contribution < -0.4 is 54.1 Å². The first kappa shape index (κ1) is 51.3. The number of nitrogens with one attached hydrogen (secondary N) is 6. The van der Waals surface area contributed by atoms with Gasteiger partial charge in [0.2, 0.25) is 11.9 Å². The Bertz CT molecular complexity index is 2720. The predicted octanol–water partition coefficient (Wildman–Crippen LogP) is -2.65. The van der Waals surface area contributed by atoms with Gasteiger partial charge in [-0.25, -0.2) is 29.5 Å². The van der Waals surface area contributed by atoms with E-state index in [1.54, 1.807) is 24.3 Å². The molecule has 0 aliphatic rings. The van der Waals surface area contributed by atoms with E-state index in [0.29, 0.717) is 22.8 Å². The molecular weight excluding hydrogens is 893 g/mol. The number of anilines is 4. The van der Waals surface area contributed by atoms with Gasteiger partial charge in [0.05, 0.1) is 36.9 Å². The van der Waals surface area contributed by atoms with E-state index < -0.39 is 70.7 Å². The van der Waals surface area contributed by atoms with Crippen molar-refractivity contribution >= 4 is 104 Å². The van der Waals surface area contributed by atoms with Crippen LogP contribution in [0.4, 0.5) is 23.3 Å². The van der Waals surface area contributed by atoms with Crippen LogP contribution in [0.2, 0.25) is 0 Å². The van der Waals surface area contributed by atoms with Gasteiger partial charge in [-0.2, -0.15) is 9.97 Å². The number of benzene rings is 2. The first-order chi connectivity index (χ1) is 31.3. The molecule has 2 amide bonds. The molecular formula is C40H40MgN14O12. The van der Waals surface area contributed by atoms with Gasteiger partial charge in [-0.05, 0) is 73.2 Å². The number of nitrogens with zero attached hydrogens (tertiary/aromatic N) is 6. The van der Waals surface area contributed by atoms with Crippen LogP contribution in [0, 0.1) is 11.8 Å². The van der Waals surface area contributed by atoms with Crippen LogP contribution in [0.15, 0.2) is 70.5 Å². The Morgan fingerprint density at radius 2 is 0.955 bits per heavy atom. The number of H-pyrrole nitrogens is 2. The van der Waals surface area contributed by atoms with Gasteiger partial charge in [-0.15, -0.1) is 0 Å². The number of aliphatic carboxylic acids is 4. The van der Waals surface area contributed by atoms with Crippen molar-refractivity contribution in [2.24, 2.45) is 11.8 Å². The van der Waals surface area contributed by atoms with E-state index in [1.165, 1.54) is 50.5 Å². The van der Waals surface area contributed by atoms with Crippen molar-refractivity contribution in [1.82, 2.24) is 50.5 Å². The summed E-state index contributed by atoms with van der Waals surface area (Å²) >= 11 is 0. The summed E-state index contributed by atoms with van der Waals surface area (Å²) in [7, 11) is 0. The van der Waals surface area contributed by atoms with E-state index in [9.17, 15) is 58.8 Å².